The van der Waals surface area contributed by atoms with Crippen LogP contribution in [-0.2, 0) is 0 Å². The molecule has 0 heterocycles. The molecule has 0 aliphatic carbocycles. The van der Waals surface area contributed by atoms with Gasteiger partial charge in [-0.3, -0.25) is 0 Å². The van der Waals surface area contributed by atoms with E-state index in [4.69, 9.17) is 4.74 Å². The van der Waals surface area contributed by atoms with Crippen molar-refractivity contribution in [1.29, 1.82) is 0 Å². The number of ether oxygens (including phenoxy) is 1. The van der Waals surface area contributed by atoms with Crippen LogP contribution in [0.2, 0.25) is 0 Å². The van der Waals surface area contributed by atoms with Crippen LogP contribution >= 0.6 is 0 Å². The van der Waals surface area contributed by atoms with Crippen molar-refractivity contribution in [3.63, 3.8) is 0 Å². The zero-order valence-electron chi connectivity index (χ0n) is 10.5. The third-order valence-corrected chi connectivity index (χ3v) is 2.51. The molecule has 0 unspecified atom stereocenters. The minimum atomic E-state index is 0.720. The Morgan fingerprint density at radius 2 is 1.94 bits per heavy atom. The molecular weight excluding hydrogens is 200 g/mol. The average molecular weight is 222 g/mol. The highest BCUT2D eigenvalue weighted by Crippen LogP contribution is 2.18. The van der Waals surface area contributed by atoms with Crippen LogP contribution in [-0.4, -0.2) is 33.8 Å². The highest BCUT2D eigenvalue weighted by atomic mass is 16.5. The molecule has 0 atom stereocenters. The fourth-order valence-corrected chi connectivity index (χ4v) is 1.59. The number of nitrogens with zero attached hydrogens (tertiary/aromatic N) is 1. The van der Waals surface area contributed by atoms with E-state index in [2.05, 4.69) is 29.4 Å². The lowest BCUT2D eigenvalue weighted by molar-refractivity contribution is 0.340. The third kappa shape index (κ3) is 4.11. The molecule has 0 saturated carbocycles. The van der Waals surface area contributed by atoms with E-state index in [0.29, 0.717) is 0 Å². The molecule has 3 heteroatoms. The Hall–Kier alpha value is -1.22. The summed E-state index contributed by atoms with van der Waals surface area (Å²) >= 11 is 0. The molecule has 0 spiro atoms. The Labute approximate surface area is 98.4 Å². The smallest absolute Gasteiger partial charge is 0.119 e. The fourth-order valence-electron chi connectivity index (χ4n) is 1.59. The molecule has 0 aliphatic rings. The first-order valence-electron chi connectivity index (χ1n) is 5.86. The monoisotopic (exact) mass is 222 g/mol. The van der Waals surface area contributed by atoms with Gasteiger partial charge in [-0.25, -0.2) is 0 Å². The van der Waals surface area contributed by atoms with Gasteiger partial charge < -0.3 is 15.0 Å². The number of anilines is 1. The molecule has 0 fully saturated rings. The molecule has 0 amide bonds. The van der Waals surface area contributed by atoms with Crippen LogP contribution in [0, 0.1) is 0 Å². The number of nitrogens with one attached hydrogen (secondary N) is 1. The van der Waals surface area contributed by atoms with Gasteiger partial charge >= 0.3 is 0 Å². The second-order valence-electron chi connectivity index (χ2n) is 3.81. The SMILES string of the molecule is CCOc1ccc(N(C)CCCNC)cc1. The largest absolute Gasteiger partial charge is 0.494 e. The Bertz CT molecular complexity index is 284. The van der Waals surface area contributed by atoms with Gasteiger partial charge in [-0.15, -0.1) is 0 Å². The van der Waals surface area contributed by atoms with E-state index in [1.807, 2.05) is 26.1 Å². The van der Waals surface area contributed by atoms with Crippen molar-refractivity contribution in [2.24, 2.45) is 0 Å². The Kier molecular flexibility index (Phi) is 5.72. The third-order valence-electron chi connectivity index (χ3n) is 2.51. The van der Waals surface area contributed by atoms with Crippen LogP contribution in [0.15, 0.2) is 24.3 Å². The summed E-state index contributed by atoms with van der Waals surface area (Å²) in [6.07, 6.45) is 1.15. The molecule has 3 nitrogen and oxygen atoms in total. The Morgan fingerprint density at radius 3 is 2.50 bits per heavy atom. The van der Waals surface area contributed by atoms with Crippen LogP contribution in [0.5, 0.6) is 5.75 Å². The van der Waals surface area contributed by atoms with E-state index in [-0.39, 0.29) is 0 Å². The summed E-state index contributed by atoms with van der Waals surface area (Å²) < 4.78 is 5.41. The van der Waals surface area contributed by atoms with Gasteiger partial charge in [-0.1, -0.05) is 0 Å². The summed E-state index contributed by atoms with van der Waals surface area (Å²) in [4.78, 5) is 2.26. The number of benzene rings is 1. The van der Waals surface area contributed by atoms with Crippen LogP contribution in [0.4, 0.5) is 5.69 Å². The van der Waals surface area contributed by atoms with E-state index >= 15 is 0 Å². The minimum Gasteiger partial charge on any atom is -0.494 e. The minimum absolute atomic E-state index is 0.720. The lowest BCUT2D eigenvalue weighted by Gasteiger charge is -2.19. The van der Waals surface area contributed by atoms with Gasteiger partial charge in [0.2, 0.25) is 0 Å². The average Bonchev–Trinajstić information content (AvgIpc) is 2.30. The van der Waals surface area contributed by atoms with E-state index in [9.17, 15) is 0 Å². The summed E-state index contributed by atoms with van der Waals surface area (Å²) in [6.45, 7) is 4.84. The maximum atomic E-state index is 5.41. The number of rotatable bonds is 7. The summed E-state index contributed by atoms with van der Waals surface area (Å²) in [5.41, 5.74) is 1.24. The molecule has 0 bridgehead atoms. The van der Waals surface area contributed by atoms with E-state index in [1.165, 1.54) is 5.69 Å². The van der Waals surface area contributed by atoms with Crippen molar-refractivity contribution in [2.75, 3.05) is 38.7 Å². The first kappa shape index (κ1) is 12.8. The van der Waals surface area contributed by atoms with Crippen molar-refractivity contribution in [1.82, 2.24) is 5.32 Å². The van der Waals surface area contributed by atoms with Gasteiger partial charge in [0.05, 0.1) is 6.61 Å². The van der Waals surface area contributed by atoms with E-state index in [1.54, 1.807) is 0 Å². The van der Waals surface area contributed by atoms with E-state index < -0.39 is 0 Å². The number of hydrogen-bond donors (Lipinski definition) is 1. The van der Waals surface area contributed by atoms with Gasteiger partial charge in [0.1, 0.15) is 5.75 Å². The summed E-state index contributed by atoms with van der Waals surface area (Å²) in [5.74, 6) is 0.940. The van der Waals surface area contributed by atoms with Crippen LogP contribution in [0.1, 0.15) is 13.3 Å². The van der Waals surface area contributed by atoms with Crippen molar-refractivity contribution >= 4 is 5.69 Å². The summed E-state index contributed by atoms with van der Waals surface area (Å²) in [7, 11) is 4.10. The van der Waals surface area contributed by atoms with Gasteiger partial charge in [-0.05, 0) is 51.2 Å². The van der Waals surface area contributed by atoms with Gasteiger partial charge in [0, 0.05) is 19.3 Å². The molecule has 1 aromatic carbocycles. The second-order valence-corrected chi connectivity index (χ2v) is 3.81. The van der Waals surface area contributed by atoms with Crippen LogP contribution in [0.3, 0.4) is 0 Å². The molecule has 1 aromatic rings. The summed E-state index contributed by atoms with van der Waals surface area (Å²) in [6, 6.07) is 8.25. The van der Waals surface area contributed by atoms with Crippen molar-refractivity contribution in [2.45, 2.75) is 13.3 Å². The quantitative estimate of drug-likeness (QED) is 0.715. The molecule has 1 rings (SSSR count). The topological polar surface area (TPSA) is 24.5 Å². The lowest BCUT2D eigenvalue weighted by Crippen LogP contribution is -2.22. The van der Waals surface area contributed by atoms with Crippen molar-refractivity contribution < 1.29 is 4.74 Å². The molecule has 1 N–H and O–H groups in total. The molecule has 0 radical (unpaired) electrons. The zero-order valence-corrected chi connectivity index (χ0v) is 10.5. The molecular formula is C13H22N2O. The second kappa shape index (κ2) is 7.12. The summed E-state index contributed by atoms with van der Waals surface area (Å²) in [5, 5.41) is 3.15. The van der Waals surface area contributed by atoms with Gasteiger partial charge in [0.25, 0.3) is 0 Å². The van der Waals surface area contributed by atoms with Gasteiger partial charge in [-0.2, -0.15) is 0 Å². The molecule has 90 valence electrons. The predicted molar refractivity (Wildman–Crippen MR) is 69.4 cm³/mol. The fraction of sp³-hybridized carbons (Fsp3) is 0.538. The zero-order chi connectivity index (χ0) is 11.8. The molecule has 0 saturated heterocycles. The Balaban J connectivity index is 2.46. The van der Waals surface area contributed by atoms with Crippen molar-refractivity contribution in [3.8, 4) is 5.75 Å². The molecule has 0 aromatic heterocycles. The predicted octanol–water partition coefficient (Wildman–Crippen LogP) is 2.13. The van der Waals surface area contributed by atoms with Gasteiger partial charge in [0.15, 0.2) is 0 Å². The highest BCUT2D eigenvalue weighted by molar-refractivity contribution is 5.48. The first-order valence-corrected chi connectivity index (χ1v) is 5.86. The lowest BCUT2D eigenvalue weighted by atomic mass is 10.2. The normalized spacial score (nSPS) is 10.2. The van der Waals surface area contributed by atoms with Crippen molar-refractivity contribution in [3.05, 3.63) is 24.3 Å². The number of hydrogen-bond acceptors (Lipinski definition) is 3. The molecule has 16 heavy (non-hydrogen) atoms. The maximum Gasteiger partial charge on any atom is 0.119 e. The van der Waals surface area contributed by atoms with Crippen LogP contribution in [0.25, 0.3) is 0 Å². The molecule has 0 aliphatic heterocycles. The standard InChI is InChI=1S/C13H22N2O/c1-4-16-13-8-6-12(7-9-13)15(3)11-5-10-14-2/h6-9,14H,4-5,10-11H2,1-3H3. The first-order chi connectivity index (χ1) is 7.77. The maximum absolute atomic E-state index is 5.41. The van der Waals surface area contributed by atoms with E-state index in [0.717, 1.165) is 31.9 Å². The highest BCUT2D eigenvalue weighted by Gasteiger charge is 2.00. The Morgan fingerprint density at radius 1 is 1.25 bits per heavy atom. The van der Waals surface area contributed by atoms with Crippen LogP contribution < -0.4 is 15.0 Å².